The van der Waals surface area contributed by atoms with E-state index in [-0.39, 0.29) is 0 Å². The number of fused-ring (bicyclic) bond motifs is 1. The molecule has 0 unspecified atom stereocenters. The summed E-state index contributed by atoms with van der Waals surface area (Å²) >= 11 is 5.66. The van der Waals surface area contributed by atoms with Crippen molar-refractivity contribution in [2.75, 3.05) is 12.4 Å². The highest BCUT2D eigenvalue weighted by atomic mass is 35.5. The van der Waals surface area contributed by atoms with Crippen molar-refractivity contribution >= 4 is 11.6 Å². The van der Waals surface area contributed by atoms with Gasteiger partial charge in [-0.15, -0.1) is 11.6 Å². The Morgan fingerprint density at radius 3 is 2.19 bits per heavy atom. The first kappa shape index (κ1) is 11.9. The minimum absolute atomic E-state index is 0.815. The van der Waals surface area contributed by atoms with Gasteiger partial charge in [0.1, 0.15) is 0 Å². The molecule has 1 nitrogen and oxygen atoms in total. The van der Waals surface area contributed by atoms with Gasteiger partial charge in [0.25, 0.3) is 0 Å². The summed E-state index contributed by atoms with van der Waals surface area (Å²) in [6, 6.07) is 8.79. The van der Waals surface area contributed by atoms with E-state index in [4.69, 9.17) is 11.6 Å². The molecule has 0 aromatic heterocycles. The first-order chi connectivity index (χ1) is 7.90. The van der Waals surface area contributed by atoms with Gasteiger partial charge in [-0.3, -0.25) is 4.90 Å². The van der Waals surface area contributed by atoms with Gasteiger partial charge in [-0.2, -0.15) is 0 Å². The van der Waals surface area contributed by atoms with Crippen LogP contribution < -0.4 is 0 Å². The van der Waals surface area contributed by atoms with Gasteiger partial charge in [-0.1, -0.05) is 37.1 Å². The SMILES string of the molecule is ClCCCCCCN1Cc2ccccc2C1. The maximum atomic E-state index is 5.66. The predicted molar refractivity (Wildman–Crippen MR) is 69.7 cm³/mol. The Hall–Kier alpha value is -0.530. The van der Waals surface area contributed by atoms with Crippen molar-refractivity contribution in [3.05, 3.63) is 35.4 Å². The molecule has 1 aromatic carbocycles. The van der Waals surface area contributed by atoms with E-state index >= 15 is 0 Å². The third kappa shape index (κ3) is 3.23. The molecule has 88 valence electrons. The highest BCUT2D eigenvalue weighted by Gasteiger charge is 2.16. The quantitative estimate of drug-likeness (QED) is 0.537. The lowest BCUT2D eigenvalue weighted by Crippen LogP contribution is -2.17. The molecule has 0 fully saturated rings. The van der Waals surface area contributed by atoms with E-state index in [0.29, 0.717) is 0 Å². The number of rotatable bonds is 6. The van der Waals surface area contributed by atoms with Crippen LogP contribution in [0, 0.1) is 0 Å². The molecule has 2 heteroatoms. The summed E-state index contributed by atoms with van der Waals surface area (Å²) in [5.74, 6) is 0.815. The lowest BCUT2D eigenvalue weighted by molar-refractivity contribution is 0.276. The molecule has 1 aromatic rings. The van der Waals surface area contributed by atoms with E-state index in [1.165, 1.54) is 43.4 Å². The number of benzene rings is 1. The van der Waals surface area contributed by atoms with E-state index in [1.807, 2.05) is 0 Å². The number of hydrogen-bond donors (Lipinski definition) is 0. The van der Waals surface area contributed by atoms with Crippen molar-refractivity contribution < 1.29 is 0 Å². The third-order valence-electron chi connectivity index (χ3n) is 3.26. The smallest absolute Gasteiger partial charge is 0.0240 e. The fourth-order valence-electron chi connectivity index (χ4n) is 2.35. The molecule has 2 rings (SSSR count). The van der Waals surface area contributed by atoms with Gasteiger partial charge in [-0.25, -0.2) is 0 Å². The Bertz CT molecular complexity index is 299. The number of halogens is 1. The molecule has 1 heterocycles. The van der Waals surface area contributed by atoms with E-state index < -0.39 is 0 Å². The van der Waals surface area contributed by atoms with Crippen LogP contribution in [-0.4, -0.2) is 17.3 Å². The second-order valence-electron chi connectivity index (χ2n) is 4.58. The minimum Gasteiger partial charge on any atom is -0.295 e. The molecule has 0 saturated carbocycles. The normalized spacial score (nSPS) is 15.3. The van der Waals surface area contributed by atoms with Crippen LogP contribution in [0.1, 0.15) is 36.8 Å². The first-order valence-corrected chi connectivity index (χ1v) is 6.78. The van der Waals surface area contributed by atoms with Gasteiger partial charge >= 0.3 is 0 Å². The molecule has 0 aliphatic carbocycles. The van der Waals surface area contributed by atoms with Crippen LogP contribution in [0.4, 0.5) is 0 Å². The van der Waals surface area contributed by atoms with Crippen LogP contribution in [-0.2, 0) is 13.1 Å². The van der Waals surface area contributed by atoms with Gasteiger partial charge in [0.2, 0.25) is 0 Å². The van der Waals surface area contributed by atoms with Crippen LogP contribution in [0.25, 0.3) is 0 Å². The molecular formula is C14H20ClN. The van der Waals surface area contributed by atoms with Crippen molar-refractivity contribution in [3.63, 3.8) is 0 Å². The fraction of sp³-hybridized carbons (Fsp3) is 0.571. The van der Waals surface area contributed by atoms with Crippen LogP contribution in [0.15, 0.2) is 24.3 Å². The topological polar surface area (TPSA) is 3.24 Å². The minimum atomic E-state index is 0.815. The average Bonchev–Trinajstić information content (AvgIpc) is 2.71. The standard InChI is InChI=1S/C14H20ClN/c15-9-5-1-2-6-10-16-11-13-7-3-4-8-14(13)12-16/h3-4,7-8H,1-2,5-6,9-12H2. The van der Waals surface area contributed by atoms with Gasteiger partial charge in [0.05, 0.1) is 0 Å². The predicted octanol–water partition coefficient (Wildman–Crippen LogP) is 3.80. The maximum Gasteiger partial charge on any atom is 0.0240 e. The van der Waals surface area contributed by atoms with Gasteiger partial charge in [-0.05, 0) is 30.5 Å². The fourth-order valence-corrected chi connectivity index (χ4v) is 2.53. The van der Waals surface area contributed by atoms with Crippen molar-refractivity contribution in [2.24, 2.45) is 0 Å². The maximum absolute atomic E-state index is 5.66. The van der Waals surface area contributed by atoms with E-state index in [9.17, 15) is 0 Å². The van der Waals surface area contributed by atoms with Gasteiger partial charge in [0, 0.05) is 19.0 Å². The largest absolute Gasteiger partial charge is 0.295 e. The molecular weight excluding hydrogens is 218 g/mol. The summed E-state index contributed by atoms with van der Waals surface area (Å²) in [5, 5.41) is 0. The van der Waals surface area contributed by atoms with Crippen molar-refractivity contribution in [3.8, 4) is 0 Å². The monoisotopic (exact) mass is 237 g/mol. The number of nitrogens with zero attached hydrogens (tertiary/aromatic N) is 1. The Labute approximate surface area is 103 Å². The summed E-state index contributed by atoms with van der Waals surface area (Å²) in [5.41, 5.74) is 3.03. The lowest BCUT2D eigenvalue weighted by atomic mass is 10.1. The summed E-state index contributed by atoms with van der Waals surface area (Å²) in [6.07, 6.45) is 5.08. The van der Waals surface area contributed by atoms with Crippen LogP contribution in [0.2, 0.25) is 0 Å². The highest BCUT2D eigenvalue weighted by Crippen LogP contribution is 2.22. The van der Waals surface area contributed by atoms with Crippen LogP contribution in [0.5, 0.6) is 0 Å². The molecule has 0 radical (unpaired) electrons. The Morgan fingerprint density at radius 1 is 0.938 bits per heavy atom. The molecule has 0 N–H and O–H groups in total. The summed E-state index contributed by atoms with van der Waals surface area (Å²) in [4.78, 5) is 2.55. The number of unbranched alkanes of at least 4 members (excludes halogenated alkanes) is 3. The lowest BCUT2D eigenvalue weighted by Gasteiger charge is -2.14. The zero-order valence-corrected chi connectivity index (χ0v) is 10.5. The number of hydrogen-bond acceptors (Lipinski definition) is 1. The van der Waals surface area contributed by atoms with E-state index in [1.54, 1.807) is 0 Å². The van der Waals surface area contributed by atoms with E-state index in [0.717, 1.165) is 19.0 Å². The zero-order valence-electron chi connectivity index (χ0n) is 9.79. The summed E-state index contributed by atoms with van der Waals surface area (Å²) < 4.78 is 0. The van der Waals surface area contributed by atoms with Crippen LogP contribution in [0.3, 0.4) is 0 Å². The van der Waals surface area contributed by atoms with Crippen molar-refractivity contribution in [2.45, 2.75) is 38.8 Å². The zero-order chi connectivity index (χ0) is 11.2. The van der Waals surface area contributed by atoms with Gasteiger partial charge in [0.15, 0.2) is 0 Å². The molecule has 1 aliphatic rings. The van der Waals surface area contributed by atoms with Gasteiger partial charge < -0.3 is 0 Å². The molecule has 0 amide bonds. The van der Waals surface area contributed by atoms with E-state index in [2.05, 4.69) is 29.2 Å². The molecule has 16 heavy (non-hydrogen) atoms. The Kier molecular flexibility index (Phi) is 4.68. The second kappa shape index (κ2) is 6.27. The third-order valence-corrected chi connectivity index (χ3v) is 3.53. The first-order valence-electron chi connectivity index (χ1n) is 6.25. The molecule has 0 bridgehead atoms. The van der Waals surface area contributed by atoms with Crippen LogP contribution >= 0.6 is 11.6 Å². The summed E-state index contributed by atoms with van der Waals surface area (Å²) in [6.45, 7) is 3.52. The number of alkyl halides is 1. The highest BCUT2D eigenvalue weighted by molar-refractivity contribution is 6.17. The Balaban J connectivity index is 1.67. The average molecular weight is 238 g/mol. The van der Waals surface area contributed by atoms with Crippen molar-refractivity contribution in [1.82, 2.24) is 4.90 Å². The molecule has 0 spiro atoms. The molecule has 0 atom stereocenters. The second-order valence-corrected chi connectivity index (χ2v) is 4.96. The Morgan fingerprint density at radius 2 is 1.56 bits per heavy atom. The summed E-state index contributed by atoms with van der Waals surface area (Å²) in [7, 11) is 0. The van der Waals surface area contributed by atoms with Crippen molar-refractivity contribution in [1.29, 1.82) is 0 Å². The molecule has 0 saturated heterocycles. The molecule has 1 aliphatic heterocycles.